The van der Waals surface area contributed by atoms with Crippen molar-refractivity contribution in [1.29, 1.82) is 0 Å². The number of nitrogens with zero attached hydrogens (tertiary/aromatic N) is 2. The van der Waals surface area contributed by atoms with Crippen LogP contribution in [0.3, 0.4) is 0 Å². The molecule has 0 radical (unpaired) electrons. The lowest BCUT2D eigenvalue weighted by molar-refractivity contribution is -0.120. The molecular formula is C18H19N3O2S. The number of anilines is 2. The number of hydrogen-bond donors (Lipinski definition) is 1. The number of amides is 2. The average Bonchev–Trinajstić information content (AvgIpc) is 3.32. The van der Waals surface area contributed by atoms with Gasteiger partial charge in [-0.1, -0.05) is 6.07 Å². The fourth-order valence-corrected chi connectivity index (χ4v) is 3.92. The third-order valence-corrected chi connectivity index (χ3v) is 5.23. The Bertz CT molecular complexity index is 810. The van der Waals surface area contributed by atoms with Gasteiger partial charge >= 0.3 is 0 Å². The summed E-state index contributed by atoms with van der Waals surface area (Å²) < 4.78 is 0. The Kier molecular flexibility index (Phi) is 3.84. The van der Waals surface area contributed by atoms with Crippen molar-refractivity contribution < 1.29 is 9.59 Å². The minimum Gasteiger partial charge on any atom is -0.312 e. The van der Waals surface area contributed by atoms with Crippen LogP contribution >= 0.6 is 11.3 Å². The minimum atomic E-state index is -0.115. The quantitative estimate of drug-likeness (QED) is 0.930. The highest BCUT2D eigenvalue weighted by Crippen LogP contribution is 2.37. The second kappa shape index (κ2) is 6.02. The largest absolute Gasteiger partial charge is 0.312 e. The first-order valence-electron chi connectivity index (χ1n) is 8.29. The molecule has 0 bridgehead atoms. The number of rotatable bonds is 3. The molecule has 0 saturated heterocycles. The van der Waals surface area contributed by atoms with Gasteiger partial charge in [0, 0.05) is 36.0 Å². The van der Waals surface area contributed by atoms with Gasteiger partial charge in [0.25, 0.3) is 0 Å². The number of aromatic nitrogens is 1. The average molecular weight is 341 g/mol. The molecule has 2 aromatic rings. The number of benzene rings is 1. The lowest BCUT2D eigenvalue weighted by Gasteiger charge is -2.30. The van der Waals surface area contributed by atoms with Gasteiger partial charge < -0.3 is 10.2 Å². The van der Waals surface area contributed by atoms with Gasteiger partial charge in [-0.25, -0.2) is 4.98 Å². The molecule has 0 atom stereocenters. The molecule has 1 aromatic heterocycles. The van der Waals surface area contributed by atoms with E-state index >= 15 is 0 Å². The number of thiazole rings is 1. The van der Waals surface area contributed by atoms with E-state index in [0.717, 1.165) is 49.2 Å². The first-order chi connectivity index (χ1) is 11.6. The lowest BCUT2D eigenvalue weighted by atomic mass is 9.98. The molecule has 1 saturated carbocycles. The maximum atomic E-state index is 12.5. The molecule has 2 heterocycles. The fourth-order valence-electron chi connectivity index (χ4n) is 3.15. The summed E-state index contributed by atoms with van der Waals surface area (Å²) in [4.78, 5) is 30.0. The number of aryl methyl sites for hydroxylation is 1. The first-order valence-corrected chi connectivity index (χ1v) is 9.17. The van der Waals surface area contributed by atoms with Gasteiger partial charge in [0.1, 0.15) is 0 Å². The topological polar surface area (TPSA) is 62.3 Å². The van der Waals surface area contributed by atoms with E-state index in [1.54, 1.807) is 0 Å². The van der Waals surface area contributed by atoms with Gasteiger partial charge in [0.15, 0.2) is 5.13 Å². The summed E-state index contributed by atoms with van der Waals surface area (Å²) in [6, 6.07) is 6.19. The molecule has 2 amide bonds. The zero-order chi connectivity index (χ0) is 16.7. The number of carbonyl (C=O) groups excluding carboxylic acids is 2. The normalized spacial score (nSPS) is 16.6. The summed E-state index contributed by atoms with van der Waals surface area (Å²) in [5.74, 6) is 0.412. The van der Waals surface area contributed by atoms with Crippen molar-refractivity contribution in [3.8, 4) is 11.3 Å². The van der Waals surface area contributed by atoms with Gasteiger partial charge in [0.05, 0.1) is 5.69 Å². The Hall–Kier alpha value is -2.21. The number of nitrogens with one attached hydrogen (secondary N) is 1. The number of carbonyl (C=O) groups is 2. The molecule has 1 aliphatic heterocycles. The highest BCUT2D eigenvalue weighted by Gasteiger charge is 2.35. The lowest BCUT2D eigenvalue weighted by Crippen LogP contribution is -2.36. The smallest absolute Gasteiger partial charge is 0.230 e. The van der Waals surface area contributed by atoms with E-state index in [2.05, 4.69) is 16.4 Å². The van der Waals surface area contributed by atoms with Gasteiger partial charge in [-0.15, -0.1) is 11.3 Å². The molecule has 4 rings (SSSR count). The van der Waals surface area contributed by atoms with Crippen LogP contribution in [0, 0.1) is 5.92 Å². The van der Waals surface area contributed by atoms with Crippen molar-refractivity contribution in [2.75, 3.05) is 16.8 Å². The van der Waals surface area contributed by atoms with E-state index in [4.69, 9.17) is 0 Å². The molecule has 5 nitrogen and oxygen atoms in total. The van der Waals surface area contributed by atoms with Crippen molar-refractivity contribution in [2.24, 2.45) is 5.92 Å². The summed E-state index contributed by atoms with van der Waals surface area (Å²) >= 11 is 1.42. The van der Waals surface area contributed by atoms with Crippen LogP contribution in [0.5, 0.6) is 0 Å². The van der Waals surface area contributed by atoms with E-state index in [0.29, 0.717) is 5.13 Å². The summed E-state index contributed by atoms with van der Waals surface area (Å²) in [7, 11) is 0. The monoisotopic (exact) mass is 341 g/mol. The van der Waals surface area contributed by atoms with Crippen LogP contribution in [-0.2, 0) is 16.0 Å². The van der Waals surface area contributed by atoms with E-state index < -0.39 is 0 Å². The van der Waals surface area contributed by atoms with Crippen LogP contribution < -0.4 is 10.2 Å². The van der Waals surface area contributed by atoms with E-state index in [1.165, 1.54) is 23.8 Å². The van der Waals surface area contributed by atoms with Crippen LogP contribution in [0.1, 0.15) is 31.7 Å². The molecule has 2 aliphatic rings. The van der Waals surface area contributed by atoms with Gasteiger partial charge in [0.2, 0.25) is 11.8 Å². The SMILES string of the molecule is CC(=O)Nc1nc(-c2ccc3c(c2)CCCN3C(=O)C2CC2)cs1. The first kappa shape index (κ1) is 15.3. The maximum absolute atomic E-state index is 12.5. The highest BCUT2D eigenvalue weighted by molar-refractivity contribution is 7.14. The molecule has 0 spiro atoms. The zero-order valence-electron chi connectivity index (χ0n) is 13.5. The molecule has 0 unspecified atom stereocenters. The molecule has 1 fully saturated rings. The molecule has 1 aliphatic carbocycles. The van der Waals surface area contributed by atoms with Crippen molar-refractivity contribution in [1.82, 2.24) is 4.98 Å². The van der Waals surface area contributed by atoms with Crippen LogP contribution in [0.2, 0.25) is 0 Å². The Morgan fingerprint density at radius 1 is 1.33 bits per heavy atom. The molecule has 6 heteroatoms. The fraction of sp³-hybridized carbons (Fsp3) is 0.389. The summed E-state index contributed by atoms with van der Waals surface area (Å²) in [6.07, 6.45) is 4.06. The van der Waals surface area contributed by atoms with Crippen molar-refractivity contribution in [3.05, 3.63) is 29.1 Å². The maximum Gasteiger partial charge on any atom is 0.230 e. The summed E-state index contributed by atoms with van der Waals surface area (Å²) in [5, 5.41) is 5.27. The predicted octanol–water partition coefficient (Wildman–Crippen LogP) is 3.46. The highest BCUT2D eigenvalue weighted by atomic mass is 32.1. The Morgan fingerprint density at radius 3 is 2.92 bits per heavy atom. The molecule has 1 N–H and O–H groups in total. The van der Waals surface area contributed by atoms with E-state index in [-0.39, 0.29) is 17.7 Å². The summed E-state index contributed by atoms with van der Waals surface area (Å²) in [5.41, 5.74) is 4.15. The van der Waals surface area contributed by atoms with Crippen LogP contribution in [0.25, 0.3) is 11.3 Å². The third-order valence-electron chi connectivity index (χ3n) is 4.47. The molecular weight excluding hydrogens is 322 g/mol. The zero-order valence-corrected chi connectivity index (χ0v) is 14.4. The molecule has 124 valence electrons. The predicted molar refractivity (Wildman–Crippen MR) is 95.3 cm³/mol. The van der Waals surface area contributed by atoms with Crippen LogP contribution in [0.15, 0.2) is 23.6 Å². The van der Waals surface area contributed by atoms with Crippen LogP contribution in [-0.4, -0.2) is 23.3 Å². The number of fused-ring (bicyclic) bond motifs is 1. The van der Waals surface area contributed by atoms with Crippen molar-refractivity contribution >= 4 is 34.0 Å². The third kappa shape index (κ3) is 2.94. The Morgan fingerprint density at radius 2 is 2.17 bits per heavy atom. The van der Waals surface area contributed by atoms with Gasteiger partial charge in [-0.3, -0.25) is 9.59 Å². The van der Waals surface area contributed by atoms with Crippen LogP contribution in [0.4, 0.5) is 10.8 Å². The summed E-state index contributed by atoms with van der Waals surface area (Å²) in [6.45, 7) is 2.30. The second-order valence-corrected chi connectivity index (χ2v) is 7.29. The van der Waals surface area contributed by atoms with Gasteiger partial charge in [-0.05, 0) is 43.4 Å². The second-order valence-electron chi connectivity index (χ2n) is 6.43. The Balaban J connectivity index is 1.62. The molecule has 1 aromatic carbocycles. The van der Waals surface area contributed by atoms with E-state index in [9.17, 15) is 9.59 Å². The van der Waals surface area contributed by atoms with Crippen molar-refractivity contribution in [3.63, 3.8) is 0 Å². The van der Waals surface area contributed by atoms with Crippen molar-refractivity contribution in [2.45, 2.75) is 32.6 Å². The van der Waals surface area contributed by atoms with E-state index in [1.807, 2.05) is 22.4 Å². The molecule has 24 heavy (non-hydrogen) atoms. The van der Waals surface area contributed by atoms with Gasteiger partial charge in [-0.2, -0.15) is 0 Å². The standard InChI is InChI=1S/C18H19N3O2S/c1-11(22)19-18-20-15(10-24-18)13-6-7-16-14(9-13)3-2-8-21(16)17(23)12-4-5-12/h6-7,9-10,12H,2-5,8H2,1H3,(H,19,20,22). The Labute approximate surface area is 144 Å². The minimum absolute atomic E-state index is 0.115. The number of hydrogen-bond acceptors (Lipinski definition) is 4.